The fourth-order valence-corrected chi connectivity index (χ4v) is 3.98. The first kappa shape index (κ1) is 24.8. The van der Waals surface area contributed by atoms with Gasteiger partial charge in [-0.3, -0.25) is 9.69 Å². The Kier molecular flexibility index (Phi) is 9.76. The van der Waals surface area contributed by atoms with Crippen molar-refractivity contribution in [3.05, 3.63) is 59.7 Å². The molecule has 0 unspecified atom stereocenters. The number of amides is 1. The summed E-state index contributed by atoms with van der Waals surface area (Å²) >= 11 is 0. The highest BCUT2D eigenvalue weighted by atomic mass is 16.6. The molecule has 0 saturated carbocycles. The van der Waals surface area contributed by atoms with Gasteiger partial charge in [0.2, 0.25) is 0 Å². The van der Waals surface area contributed by atoms with Gasteiger partial charge in [-0.25, -0.2) is 4.79 Å². The molecule has 2 aromatic carbocycles. The Morgan fingerprint density at radius 1 is 0.818 bits per heavy atom. The fourth-order valence-electron chi connectivity index (χ4n) is 3.98. The van der Waals surface area contributed by atoms with Crippen molar-refractivity contribution in [2.45, 2.75) is 45.4 Å². The van der Waals surface area contributed by atoms with E-state index in [1.807, 2.05) is 31.2 Å². The van der Waals surface area contributed by atoms with Crippen molar-refractivity contribution >= 4 is 12.1 Å². The van der Waals surface area contributed by atoms with Crippen molar-refractivity contribution in [3.8, 4) is 11.1 Å². The normalized spacial score (nSPS) is 12.2. The number of carbonyl (C=O) groups is 2. The van der Waals surface area contributed by atoms with Crippen LogP contribution >= 0.6 is 0 Å². The number of unbranched alkanes of at least 4 members (excludes halogenated alkanes) is 2. The van der Waals surface area contributed by atoms with Crippen molar-refractivity contribution < 1.29 is 23.8 Å². The topological polar surface area (TPSA) is 65.1 Å². The van der Waals surface area contributed by atoms with Crippen LogP contribution in [0.2, 0.25) is 0 Å². The number of rotatable bonds is 13. The van der Waals surface area contributed by atoms with Crippen LogP contribution in [0.15, 0.2) is 48.5 Å². The Morgan fingerprint density at radius 2 is 1.42 bits per heavy atom. The average molecular weight is 454 g/mol. The lowest BCUT2D eigenvalue weighted by Gasteiger charge is -2.23. The molecule has 178 valence electrons. The summed E-state index contributed by atoms with van der Waals surface area (Å²) in [5, 5.41) is 0. The highest BCUT2D eigenvalue weighted by Crippen LogP contribution is 2.44. The van der Waals surface area contributed by atoms with Gasteiger partial charge in [0.25, 0.3) is 0 Å². The summed E-state index contributed by atoms with van der Waals surface area (Å²) < 4.78 is 16.6. The van der Waals surface area contributed by atoms with E-state index in [-0.39, 0.29) is 25.6 Å². The number of hydrogen-bond acceptors (Lipinski definition) is 5. The van der Waals surface area contributed by atoms with E-state index in [9.17, 15) is 9.59 Å². The Morgan fingerprint density at radius 3 is 2.06 bits per heavy atom. The summed E-state index contributed by atoms with van der Waals surface area (Å²) in [6.45, 7) is 5.83. The largest absolute Gasteiger partial charge is 0.464 e. The number of ether oxygens (including phenoxy) is 3. The summed E-state index contributed by atoms with van der Waals surface area (Å²) in [6.07, 6.45) is 3.22. The minimum Gasteiger partial charge on any atom is -0.464 e. The smallest absolute Gasteiger partial charge is 0.410 e. The Balaban J connectivity index is 1.62. The lowest BCUT2D eigenvalue weighted by atomic mass is 9.98. The quantitative estimate of drug-likeness (QED) is 0.300. The molecule has 0 aromatic heterocycles. The first-order chi connectivity index (χ1) is 16.2. The predicted molar refractivity (Wildman–Crippen MR) is 128 cm³/mol. The molecule has 33 heavy (non-hydrogen) atoms. The highest BCUT2D eigenvalue weighted by Gasteiger charge is 2.30. The van der Waals surface area contributed by atoms with E-state index in [1.54, 1.807) is 0 Å². The fraction of sp³-hybridized carbons (Fsp3) is 0.481. The first-order valence-electron chi connectivity index (χ1n) is 12.0. The molecule has 0 heterocycles. The van der Waals surface area contributed by atoms with Crippen LogP contribution in [0, 0.1) is 0 Å². The van der Waals surface area contributed by atoms with Crippen LogP contribution < -0.4 is 0 Å². The molecule has 1 amide bonds. The van der Waals surface area contributed by atoms with Crippen molar-refractivity contribution in [2.75, 3.05) is 39.5 Å². The van der Waals surface area contributed by atoms with Gasteiger partial charge < -0.3 is 14.2 Å². The number of esters is 1. The third-order valence-corrected chi connectivity index (χ3v) is 5.82. The zero-order valence-corrected chi connectivity index (χ0v) is 19.8. The van der Waals surface area contributed by atoms with Gasteiger partial charge >= 0.3 is 12.1 Å². The molecule has 2 aromatic rings. The second kappa shape index (κ2) is 13.0. The lowest BCUT2D eigenvalue weighted by Crippen LogP contribution is -2.39. The van der Waals surface area contributed by atoms with E-state index in [2.05, 4.69) is 31.2 Å². The van der Waals surface area contributed by atoms with E-state index in [4.69, 9.17) is 14.2 Å². The molecule has 1 aliphatic carbocycles. The minimum atomic E-state index is -0.525. The van der Waals surface area contributed by atoms with E-state index in [1.165, 1.54) is 16.0 Å². The summed E-state index contributed by atoms with van der Waals surface area (Å²) in [5.41, 5.74) is 4.66. The van der Waals surface area contributed by atoms with Gasteiger partial charge in [0.05, 0.1) is 13.2 Å². The third kappa shape index (κ3) is 6.81. The number of benzene rings is 2. The van der Waals surface area contributed by atoms with Gasteiger partial charge in [-0.05, 0) is 35.1 Å². The summed E-state index contributed by atoms with van der Waals surface area (Å²) in [6, 6.07) is 16.4. The van der Waals surface area contributed by atoms with Crippen LogP contribution in [-0.2, 0) is 19.0 Å². The second-order valence-electron chi connectivity index (χ2n) is 8.27. The molecule has 0 saturated heterocycles. The van der Waals surface area contributed by atoms with Crippen molar-refractivity contribution in [3.63, 3.8) is 0 Å². The summed E-state index contributed by atoms with van der Waals surface area (Å²) in [4.78, 5) is 26.6. The monoisotopic (exact) mass is 453 g/mol. The Labute approximate surface area is 196 Å². The molecule has 0 N–H and O–H groups in total. The third-order valence-electron chi connectivity index (χ3n) is 5.82. The first-order valence-corrected chi connectivity index (χ1v) is 12.0. The molecule has 0 aliphatic heterocycles. The standard InChI is InChI=1S/C27H35NO5/c1-3-5-16-31-18-15-28(19-26(29)32-17-6-4-2)27(30)33-20-25-23-13-9-7-11-21(23)22-12-8-10-14-24(22)25/h7-14,25H,3-6,15-20H2,1-2H3. The number of nitrogens with zero attached hydrogens (tertiary/aromatic N) is 1. The van der Waals surface area contributed by atoms with Crippen LogP contribution in [0.3, 0.4) is 0 Å². The molecule has 6 nitrogen and oxygen atoms in total. The molecule has 0 bridgehead atoms. The van der Waals surface area contributed by atoms with Gasteiger partial charge in [0, 0.05) is 19.1 Å². The van der Waals surface area contributed by atoms with Crippen molar-refractivity contribution in [1.29, 1.82) is 0 Å². The lowest BCUT2D eigenvalue weighted by molar-refractivity contribution is -0.144. The van der Waals surface area contributed by atoms with Gasteiger partial charge in [-0.15, -0.1) is 0 Å². The Hall–Kier alpha value is -2.86. The highest BCUT2D eigenvalue weighted by molar-refractivity contribution is 5.80. The van der Waals surface area contributed by atoms with Gasteiger partial charge in [0.15, 0.2) is 0 Å². The molecule has 0 fully saturated rings. The van der Waals surface area contributed by atoms with Crippen LogP contribution in [0.4, 0.5) is 4.79 Å². The zero-order valence-electron chi connectivity index (χ0n) is 19.8. The number of hydrogen-bond donors (Lipinski definition) is 0. The molecule has 6 heteroatoms. The predicted octanol–water partition coefficient (Wildman–Crippen LogP) is 5.40. The molecule has 3 rings (SSSR count). The van der Waals surface area contributed by atoms with Crippen LogP contribution in [0.5, 0.6) is 0 Å². The zero-order chi connectivity index (χ0) is 23.5. The molecule has 0 atom stereocenters. The van der Waals surface area contributed by atoms with Gasteiger partial charge in [0.1, 0.15) is 13.2 Å². The van der Waals surface area contributed by atoms with Gasteiger partial charge in [-0.1, -0.05) is 75.2 Å². The summed E-state index contributed by atoms with van der Waals surface area (Å²) in [5.74, 6) is -0.453. The molecule has 0 spiro atoms. The Bertz CT molecular complexity index is 867. The maximum absolute atomic E-state index is 12.9. The SMILES string of the molecule is CCCCOCCN(CC(=O)OCCCC)C(=O)OCC1c2ccccc2-c2ccccc21. The maximum Gasteiger partial charge on any atom is 0.410 e. The van der Waals surface area contributed by atoms with E-state index in [0.29, 0.717) is 19.8 Å². The minimum absolute atomic E-state index is 0.0273. The molecule has 1 aliphatic rings. The molecule has 0 radical (unpaired) electrons. The molecular weight excluding hydrogens is 418 g/mol. The van der Waals surface area contributed by atoms with Crippen LogP contribution in [-0.4, -0.2) is 56.5 Å². The van der Waals surface area contributed by atoms with Crippen LogP contribution in [0.25, 0.3) is 11.1 Å². The van der Waals surface area contributed by atoms with Crippen molar-refractivity contribution in [1.82, 2.24) is 4.90 Å². The molecular formula is C27H35NO5. The number of fused-ring (bicyclic) bond motifs is 3. The average Bonchev–Trinajstić information content (AvgIpc) is 3.15. The second-order valence-corrected chi connectivity index (χ2v) is 8.27. The maximum atomic E-state index is 12.9. The van der Waals surface area contributed by atoms with E-state index in [0.717, 1.165) is 36.8 Å². The number of carbonyl (C=O) groups excluding carboxylic acids is 2. The van der Waals surface area contributed by atoms with Gasteiger partial charge in [-0.2, -0.15) is 0 Å². The van der Waals surface area contributed by atoms with Crippen LogP contribution in [0.1, 0.15) is 56.6 Å². The van der Waals surface area contributed by atoms with Crippen molar-refractivity contribution in [2.24, 2.45) is 0 Å². The summed E-state index contributed by atoms with van der Waals surface area (Å²) in [7, 11) is 0. The van der Waals surface area contributed by atoms with E-state index >= 15 is 0 Å². The van der Waals surface area contributed by atoms with E-state index < -0.39 is 12.1 Å².